The van der Waals surface area contributed by atoms with Crippen molar-refractivity contribution in [3.05, 3.63) is 103 Å². The molecule has 4 aromatic rings. The molecule has 3 heterocycles. The zero-order chi connectivity index (χ0) is 43.5. The highest BCUT2D eigenvalue weighted by Crippen LogP contribution is 2.28. The van der Waals surface area contributed by atoms with E-state index < -0.39 is 26.0 Å². The molecule has 2 aromatic heterocycles. The second-order valence-electron chi connectivity index (χ2n) is 13.9. The van der Waals surface area contributed by atoms with Crippen molar-refractivity contribution in [1.29, 1.82) is 0 Å². The number of benzene rings is 2. The Hall–Kier alpha value is -3.88. The smallest absolute Gasteiger partial charge is 0.269 e. The maximum absolute atomic E-state index is 12.6. The number of carbonyl (C=O) groups is 4. The van der Waals surface area contributed by atoms with Gasteiger partial charge in [-0.15, -0.1) is 0 Å². The quantitative estimate of drug-likeness (QED) is 0.0863. The zero-order valence-electron chi connectivity index (χ0n) is 31.9. The van der Waals surface area contributed by atoms with E-state index in [2.05, 4.69) is 31.0 Å². The van der Waals surface area contributed by atoms with E-state index in [1.807, 2.05) is 0 Å². The number of carbonyl (C=O) groups excluding carboxylic acids is 4. The highest BCUT2D eigenvalue weighted by Gasteiger charge is 2.28. The lowest BCUT2D eigenvalue weighted by atomic mass is 9.95. The van der Waals surface area contributed by atoms with E-state index in [-0.39, 0.29) is 69.3 Å². The van der Waals surface area contributed by atoms with Gasteiger partial charge >= 0.3 is 0 Å². The molecule has 1 saturated heterocycles. The van der Waals surface area contributed by atoms with Gasteiger partial charge in [-0.3, -0.25) is 33.9 Å². The first-order valence-electron chi connectivity index (χ1n) is 18.2. The molecule has 2 amide bonds. The highest BCUT2D eigenvalue weighted by molar-refractivity contribution is 7.88. The van der Waals surface area contributed by atoms with Gasteiger partial charge in [-0.25, -0.2) is 12.7 Å². The predicted octanol–water partition coefficient (Wildman–Crippen LogP) is 6.00. The van der Waals surface area contributed by atoms with Crippen molar-refractivity contribution < 1.29 is 40.6 Å². The molecule has 0 atom stereocenters. The Bertz CT molecular complexity index is 2310. The van der Waals surface area contributed by atoms with Crippen molar-refractivity contribution in [3.63, 3.8) is 0 Å². The summed E-state index contributed by atoms with van der Waals surface area (Å²) in [6.45, 7) is 0.701. The van der Waals surface area contributed by atoms with Crippen LogP contribution in [0.3, 0.4) is 0 Å². The number of Topliss-reactive ketones (excluding diaryl/α,β-unsaturated/α-hetero) is 2. The van der Waals surface area contributed by atoms with Gasteiger partial charge in [-0.05, 0) is 49.9 Å². The second kappa shape index (κ2) is 21.6. The van der Waals surface area contributed by atoms with Crippen LogP contribution in [0.5, 0.6) is 0 Å². The Balaban J connectivity index is 0.000000236. The van der Waals surface area contributed by atoms with Gasteiger partial charge in [0.2, 0.25) is 10.0 Å². The highest BCUT2D eigenvalue weighted by atomic mass is 35.5. The third-order valence-corrected chi connectivity index (χ3v) is 11.8. The van der Waals surface area contributed by atoms with Crippen molar-refractivity contribution in [2.45, 2.75) is 69.9 Å². The van der Waals surface area contributed by atoms with Crippen LogP contribution in [0, 0.1) is 0 Å². The first kappa shape index (κ1) is 47.8. The second-order valence-corrected chi connectivity index (χ2v) is 19.0. The third-order valence-electron chi connectivity index (χ3n) is 9.27. The number of aromatic nitrogens is 4. The fourth-order valence-electron chi connectivity index (χ4n) is 6.43. The summed E-state index contributed by atoms with van der Waals surface area (Å²) < 4.78 is 50.4. The van der Waals surface area contributed by atoms with Gasteiger partial charge in [0.05, 0.1) is 56.1 Å². The van der Waals surface area contributed by atoms with Crippen LogP contribution in [-0.4, -0.2) is 107 Å². The Morgan fingerprint density at radius 3 is 1.39 bits per heavy atom. The minimum atomic E-state index is -3.67. The Morgan fingerprint density at radius 1 is 0.678 bits per heavy atom. The summed E-state index contributed by atoms with van der Waals surface area (Å²) in [6.07, 6.45) is 11.2. The molecule has 2 fully saturated rings. The number of nitrogens with zero attached hydrogens (tertiary/aromatic N) is 3. The largest absolute Gasteiger partial charge is 0.348 e. The lowest BCUT2D eigenvalue weighted by Crippen LogP contribution is -2.46. The summed E-state index contributed by atoms with van der Waals surface area (Å²) >= 11 is 24.3. The molecule has 1 aliphatic carbocycles. The van der Waals surface area contributed by atoms with E-state index >= 15 is 0 Å². The first-order chi connectivity index (χ1) is 27.7. The molecular weight excluding hydrogens is 892 g/mol. The normalized spacial score (nSPS) is 15.2. The summed E-state index contributed by atoms with van der Waals surface area (Å²) in [7, 11) is -6.90. The van der Waals surface area contributed by atoms with Gasteiger partial charge in [0.1, 0.15) is 11.4 Å². The van der Waals surface area contributed by atoms with Crippen LogP contribution in [0.4, 0.5) is 0 Å². The summed E-state index contributed by atoms with van der Waals surface area (Å²) in [4.78, 5) is 50.4. The molecule has 0 bridgehead atoms. The maximum Gasteiger partial charge on any atom is 0.269 e. The van der Waals surface area contributed by atoms with Crippen molar-refractivity contribution >= 4 is 89.9 Å². The summed E-state index contributed by atoms with van der Waals surface area (Å²) in [6, 6.07) is 9.74. The van der Waals surface area contributed by atoms with Crippen molar-refractivity contribution in [2.75, 3.05) is 25.6 Å². The number of H-pyrrole nitrogens is 2. The van der Waals surface area contributed by atoms with Crippen molar-refractivity contribution in [1.82, 2.24) is 35.3 Å². The number of hydrogen-bond donors (Lipinski definition) is 5. The van der Waals surface area contributed by atoms with Gasteiger partial charge < -0.3 is 10.6 Å². The molecular formula is C37H43Cl4N7O9S2. The molecule has 1 aliphatic heterocycles. The molecule has 5 N–H and O–H groups in total. The Morgan fingerprint density at radius 2 is 1.03 bits per heavy atom. The molecule has 2 aromatic carbocycles. The van der Waals surface area contributed by atoms with Gasteiger partial charge in [0.15, 0.2) is 11.6 Å². The summed E-state index contributed by atoms with van der Waals surface area (Å²) in [5.41, 5.74) is 1.95. The maximum atomic E-state index is 12.6. The number of sulfonamides is 1. The monoisotopic (exact) mass is 933 g/mol. The van der Waals surface area contributed by atoms with Crippen LogP contribution in [-0.2, 0) is 33.0 Å². The van der Waals surface area contributed by atoms with E-state index in [0.717, 1.165) is 25.7 Å². The van der Waals surface area contributed by atoms with Crippen LogP contribution < -0.4 is 10.6 Å². The number of aromatic amines is 2. The molecule has 22 heteroatoms. The number of ketones is 2. The van der Waals surface area contributed by atoms with Crippen LogP contribution in [0.1, 0.15) is 97.8 Å². The van der Waals surface area contributed by atoms with E-state index in [1.54, 1.807) is 36.4 Å². The zero-order valence-corrected chi connectivity index (χ0v) is 36.6. The fourth-order valence-corrected chi connectivity index (χ4v) is 8.52. The van der Waals surface area contributed by atoms with Crippen molar-refractivity contribution in [3.8, 4) is 0 Å². The lowest BCUT2D eigenvalue weighted by Gasteiger charge is -2.30. The van der Waals surface area contributed by atoms with E-state index in [0.29, 0.717) is 59.1 Å². The van der Waals surface area contributed by atoms with E-state index in [1.165, 1.54) is 29.4 Å². The van der Waals surface area contributed by atoms with E-state index in [4.69, 9.17) is 51.0 Å². The molecule has 0 radical (unpaired) electrons. The fraction of sp³-hybridized carbons (Fsp3) is 0.405. The summed E-state index contributed by atoms with van der Waals surface area (Å²) in [5, 5.41) is 20.1. The Kier molecular flexibility index (Phi) is 17.5. The predicted molar refractivity (Wildman–Crippen MR) is 225 cm³/mol. The van der Waals surface area contributed by atoms with Gasteiger partial charge in [0.25, 0.3) is 21.9 Å². The first-order valence-corrected chi connectivity index (χ1v) is 23.4. The third kappa shape index (κ3) is 14.7. The molecule has 16 nitrogen and oxygen atoms in total. The number of nitrogens with one attached hydrogen (secondary N) is 4. The molecule has 1 saturated carbocycles. The van der Waals surface area contributed by atoms with Gasteiger partial charge in [0, 0.05) is 49.1 Å². The van der Waals surface area contributed by atoms with E-state index in [9.17, 15) is 36.0 Å². The number of amides is 2. The molecule has 0 unspecified atom stereocenters. The SMILES string of the molecule is CS(=O)(=O)N1CCC(NC(=O)c2[nH]ncc2CC(=O)c2c(Cl)cccc2Cl)CC1.CS(=O)(=O)O.O=C(NC1CCCCC1)c1[nH]ncc1CC(=O)c1c(Cl)cccc1Cl. The molecule has 6 rings (SSSR count). The average Bonchev–Trinajstić information content (AvgIpc) is 3.81. The van der Waals surface area contributed by atoms with Gasteiger partial charge in [-0.1, -0.05) is 77.8 Å². The van der Waals surface area contributed by atoms with Crippen LogP contribution in [0.2, 0.25) is 20.1 Å². The number of rotatable bonds is 11. The summed E-state index contributed by atoms with van der Waals surface area (Å²) in [5.74, 6) is -1.19. The minimum absolute atomic E-state index is 0.00731. The number of hydrogen-bond acceptors (Lipinski definition) is 10. The minimum Gasteiger partial charge on any atom is -0.348 e. The van der Waals surface area contributed by atoms with Crippen LogP contribution in [0.15, 0.2) is 48.8 Å². The number of piperidine rings is 1. The topological polar surface area (TPSA) is 241 Å². The average molecular weight is 936 g/mol. The lowest BCUT2D eigenvalue weighted by molar-refractivity contribution is 0.0909. The van der Waals surface area contributed by atoms with Crippen LogP contribution >= 0.6 is 46.4 Å². The molecule has 2 aliphatic rings. The number of halogens is 4. The molecule has 59 heavy (non-hydrogen) atoms. The van der Waals surface area contributed by atoms with Gasteiger partial charge in [-0.2, -0.15) is 18.6 Å². The van der Waals surface area contributed by atoms with Crippen LogP contribution in [0.25, 0.3) is 0 Å². The molecule has 0 spiro atoms. The molecule has 320 valence electrons. The standard InChI is InChI=1S/C18H20Cl2N4O4S.C18H19Cl2N3O2.CH4O3S/c1-29(27,28)24-7-5-12(6-8-24)22-18(26)17-11(10-21-23-17)9-15(25)16-13(19)3-2-4-14(16)20;19-13-7-4-8-14(20)16(13)15(24)9-11-10-21-23-17(11)18(25)22-12-5-2-1-3-6-12;1-5(2,3)4/h2-4,10,12H,5-9H2,1H3,(H,21,23)(H,22,26);4,7-8,10,12H,1-3,5-6,9H2,(H,21,23)(H,22,25);1H3,(H,2,3,4). The Labute approximate surface area is 361 Å². The van der Waals surface area contributed by atoms with Crippen molar-refractivity contribution in [2.24, 2.45) is 0 Å².